The Kier molecular flexibility index (Phi) is 6.23. The fraction of sp³-hybridized carbons (Fsp3) is 0.278. The second-order valence-corrected chi connectivity index (χ2v) is 6.16. The topological polar surface area (TPSA) is 60.4 Å². The molecule has 1 heterocycles. The van der Waals surface area contributed by atoms with Crippen LogP contribution in [-0.4, -0.2) is 24.1 Å². The summed E-state index contributed by atoms with van der Waals surface area (Å²) in [5, 5.41) is 0. The van der Waals surface area contributed by atoms with Gasteiger partial charge in [0.05, 0.1) is 17.9 Å². The predicted molar refractivity (Wildman–Crippen MR) is 88.8 cm³/mol. The number of ether oxygens (including phenoxy) is 1. The number of hydrogen-bond acceptors (Lipinski definition) is 5. The molecule has 120 valence electrons. The van der Waals surface area contributed by atoms with E-state index in [-0.39, 0.29) is 12.4 Å². The molecule has 0 atom stereocenters. The van der Waals surface area contributed by atoms with E-state index in [1.165, 1.54) is 16.9 Å². The van der Waals surface area contributed by atoms with Gasteiger partial charge >= 0.3 is 5.97 Å². The zero-order valence-electron chi connectivity index (χ0n) is 12.9. The number of benzene rings is 1. The van der Waals surface area contributed by atoms with E-state index in [0.29, 0.717) is 4.88 Å². The summed E-state index contributed by atoms with van der Waals surface area (Å²) in [5.74, 6) is -2.07. The second kappa shape index (κ2) is 8.39. The lowest BCUT2D eigenvalue weighted by Crippen LogP contribution is -2.20. The summed E-state index contributed by atoms with van der Waals surface area (Å²) in [5.41, 5.74) is 1.24. The minimum Gasteiger partial charge on any atom is -0.460 e. The minimum absolute atomic E-state index is 0.126. The van der Waals surface area contributed by atoms with Crippen LogP contribution in [0, 0.1) is 0 Å². The van der Waals surface area contributed by atoms with Crippen molar-refractivity contribution in [3.05, 3.63) is 57.8 Å². The molecule has 2 rings (SSSR count). The molecule has 1 aromatic heterocycles. The maximum Gasteiger partial charge on any atom is 0.375 e. The first kappa shape index (κ1) is 17.1. The third kappa shape index (κ3) is 5.14. The number of esters is 1. The van der Waals surface area contributed by atoms with Crippen LogP contribution in [0.1, 0.15) is 33.5 Å². The lowest BCUT2D eigenvalue weighted by Gasteiger charge is -2.00. The van der Waals surface area contributed by atoms with Gasteiger partial charge in [0.25, 0.3) is 0 Å². The monoisotopic (exact) mass is 330 g/mol. The van der Waals surface area contributed by atoms with Crippen LogP contribution < -0.4 is 0 Å². The van der Waals surface area contributed by atoms with Gasteiger partial charge in [-0.3, -0.25) is 9.59 Å². The molecular formula is C18H18O4S. The zero-order chi connectivity index (χ0) is 16.7. The minimum atomic E-state index is -0.943. The van der Waals surface area contributed by atoms with E-state index in [2.05, 4.69) is 16.9 Å². The van der Waals surface area contributed by atoms with Crippen molar-refractivity contribution in [1.29, 1.82) is 0 Å². The molecule has 0 amide bonds. The first-order valence-electron chi connectivity index (χ1n) is 7.46. The standard InChI is InChI=1S/C18H18O4S/c1-2-22-18(21)16(20)12-15(19)17-11-10-14(23-17)9-8-13-6-4-3-5-7-13/h3-7,10-11H,2,8-9,12H2,1H3. The first-order valence-corrected chi connectivity index (χ1v) is 8.27. The summed E-state index contributed by atoms with van der Waals surface area (Å²) in [6.07, 6.45) is 1.31. The summed E-state index contributed by atoms with van der Waals surface area (Å²) in [6.45, 7) is 1.74. The largest absolute Gasteiger partial charge is 0.460 e. The van der Waals surface area contributed by atoms with Gasteiger partial charge in [-0.25, -0.2) is 4.79 Å². The van der Waals surface area contributed by atoms with Crippen molar-refractivity contribution in [2.24, 2.45) is 0 Å². The highest BCUT2D eigenvalue weighted by Crippen LogP contribution is 2.20. The summed E-state index contributed by atoms with van der Waals surface area (Å²) in [6, 6.07) is 13.7. The van der Waals surface area contributed by atoms with Crippen molar-refractivity contribution >= 4 is 28.9 Å². The van der Waals surface area contributed by atoms with Gasteiger partial charge in [-0.05, 0) is 37.5 Å². The highest BCUT2D eigenvalue weighted by atomic mass is 32.1. The number of carbonyl (C=O) groups is 3. The van der Waals surface area contributed by atoms with Crippen molar-refractivity contribution in [3.8, 4) is 0 Å². The van der Waals surface area contributed by atoms with Gasteiger partial charge in [-0.15, -0.1) is 11.3 Å². The SMILES string of the molecule is CCOC(=O)C(=O)CC(=O)c1ccc(CCc2ccccc2)s1. The van der Waals surface area contributed by atoms with Crippen LogP contribution in [0.5, 0.6) is 0 Å². The van der Waals surface area contributed by atoms with Crippen LogP contribution >= 0.6 is 11.3 Å². The second-order valence-electron chi connectivity index (χ2n) is 5.00. The molecule has 0 unspecified atom stereocenters. The Labute approximate surface area is 139 Å². The highest BCUT2D eigenvalue weighted by Gasteiger charge is 2.20. The van der Waals surface area contributed by atoms with Crippen LogP contribution in [0.2, 0.25) is 0 Å². The summed E-state index contributed by atoms with van der Waals surface area (Å²) >= 11 is 1.37. The molecule has 0 N–H and O–H groups in total. The third-order valence-electron chi connectivity index (χ3n) is 3.26. The van der Waals surface area contributed by atoms with Crippen molar-refractivity contribution < 1.29 is 19.1 Å². The van der Waals surface area contributed by atoms with Gasteiger partial charge in [0.1, 0.15) is 0 Å². The van der Waals surface area contributed by atoms with Crippen molar-refractivity contribution in [3.63, 3.8) is 0 Å². The number of aryl methyl sites for hydroxylation is 2. The summed E-state index contributed by atoms with van der Waals surface area (Å²) in [7, 11) is 0. The van der Waals surface area contributed by atoms with Crippen LogP contribution in [0.25, 0.3) is 0 Å². The molecular weight excluding hydrogens is 312 g/mol. The molecule has 0 fully saturated rings. The molecule has 0 radical (unpaired) electrons. The van der Waals surface area contributed by atoms with Gasteiger partial charge in [0.15, 0.2) is 5.78 Å². The molecule has 0 aliphatic rings. The number of thiophene rings is 1. The molecule has 0 saturated carbocycles. The number of hydrogen-bond donors (Lipinski definition) is 0. The molecule has 0 spiro atoms. The average molecular weight is 330 g/mol. The quantitative estimate of drug-likeness (QED) is 0.323. The average Bonchev–Trinajstić information content (AvgIpc) is 3.03. The Morgan fingerprint density at radius 2 is 1.74 bits per heavy atom. The number of rotatable bonds is 8. The number of Topliss-reactive ketones (excluding diaryl/α,β-unsaturated/α-hetero) is 2. The molecule has 1 aromatic carbocycles. The predicted octanol–water partition coefficient (Wildman–Crippen LogP) is 3.24. The van der Waals surface area contributed by atoms with Crippen LogP contribution in [0.4, 0.5) is 0 Å². The van der Waals surface area contributed by atoms with E-state index in [0.717, 1.165) is 17.7 Å². The smallest absolute Gasteiger partial charge is 0.375 e. The Bertz CT molecular complexity index is 688. The van der Waals surface area contributed by atoms with Crippen molar-refractivity contribution in [2.45, 2.75) is 26.2 Å². The van der Waals surface area contributed by atoms with E-state index >= 15 is 0 Å². The molecule has 4 nitrogen and oxygen atoms in total. The number of carbonyl (C=O) groups excluding carboxylic acids is 3. The van der Waals surface area contributed by atoms with Gasteiger partial charge in [-0.2, -0.15) is 0 Å². The van der Waals surface area contributed by atoms with Gasteiger partial charge in [-0.1, -0.05) is 30.3 Å². The van der Waals surface area contributed by atoms with Crippen molar-refractivity contribution in [2.75, 3.05) is 6.61 Å². The van der Waals surface area contributed by atoms with E-state index in [4.69, 9.17) is 0 Å². The Balaban J connectivity index is 1.89. The van der Waals surface area contributed by atoms with Crippen LogP contribution in [-0.2, 0) is 27.2 Å². The molecule has 0 aliphatic heterocycles. The lowest BCUT2D eigenvalue weighted by atomic mass is 10.1. The molecule has 0 saturated heterocycles. The Morgan fingerprint density at radius 3 is 2.43 bits per heavy atom. The summed E-state index contributed by atoms with van der Waals surface area (Å²) < 4.78 is 4.60. The third-order valence-corrected chi connectivity index (χ3v) is 4.45. The molecule has 0 aliphatic carbocycles. The lowest BCUT2D eigenvalue weighted by molar-refractivity contribution is -0.153. The van der Waals surface area contributed by atoms with E-state index < -0.39 is 18.2 Å². The Morgan fingerprint density at radius 1 is 1.00 bits per heavy atom. The molecule has 23 heavy (non-hydrogen) atoms. The van der Waals surface area contributed by atoms with Gasteiger partial charge in [0.2, 0.25) is 5.78 Å². The summed E-state index contributed by atoms with van der Waals surface area (Å²) in [4.78, 5) is 36.4. The van der Waals surface area contributed by atoms with Crippen molar-refractivity contribution in [1.82, 2.24) is 0 Å². The zero-order valence-corrected chi connectivity index (χ0v) is 13.7. The molecule has 2 aromatic rings. The van der Waals surface area contributed by atoms with E-state index in [1.54, 1.807) is 13.0 Å². The van der Waals surface area contributed by atoms with E-state index in [9.17, 15) is 14.4 Å². The Hall–Kier alpha value is -2.27. The highest BCUT2D eigenvalue weighted by molar-refractivity contribution is 7.14. The maximum atomic E-state index is 12.0. The van der Waals surface area contributed by atoms with Crippen LogP contribution in [0.3, 0.4) is 0 Å². The number of ketones is 2. The van der Waals surface area contributed by atoms with Gasteiger partial charge < -0.3 is 4.74 Å². The fourth-order valence-electron chi connectivity index (χ4n) is 2.09. The fourth-order valence-corrected chi connectivity index (χ4v) is 3.04. The van der Waals surface area contributed by atoms with Crippen LogP contribution in [0.15, 0.2) is 42.5 Å². The normalized spacial score (nSPS) is 10.3. The maximum absolute atomic E-state index is 12.0. The van der Waals surface area contributed by atoms with E-state index in [1.807, 2.05) is 24.3 Å². The van der Waals surface area contributed by atoms with Gasteiger partial charge in [0, 0.05) is 4.88 Å². The molecule has 5 heteroatoms. The first-order chi connectivity index (χ1) is 11.1. The molecule has 0 bridgehead atoms.